The highest BCUT2D eigenvalue weighted by molar-refractivity contribution is 7.13. The van der Waals surface area contributed by atoms with Crippen molar-refractivity contribution in [2.45, 2.75) is 12.8 Å². The maximum Gasteiger partial charge on any atom is 0.228 e. The fourth-order valence-corrected chi connectivity index (χ4v) is 4.92. The number of nitrogens with one attached hydrogen (secondary N) is 1. The zero-order valence-electron chi connectivity index (χ0n) is 16.1. The van der Waals surface area contributed by atoms with Crippen molar-refractivity contribution in [2.75, 3.05) is 13.1 Å². The number of hydrogen-bond acceptors (Lipinski definition) is 4. The van der Waals surface area contributed by atoms with Crippen molar-refractivity contribution in [1.29, 1.82) is 0 Å². The second kappa shape index (κ2) is 8.05. The zero-order chi connectivity index (χ0) is 20.5. The molecule has 0 saturated carbocycles. The highest BCUT2D eigenvalue weighted by atomic mass is 35.5. The summed E-state index contributed by atoms with van der Waals surface area (Å²) in [6.07, 6.45) is 7.07. The normalized spacial score (nSPS) is 14.2. The molecular weight excluding hydrogens is 416 g/mol. The molecule has 1 aliphatic heterocycles. The predicted molar refractivity (Wildman–Crippen MR) is 122 cm³/mol. The molecule has 0 atom stereocenters. The molecule has 4 aromatic rings. The van der Waals surface area contributed by atoms with Gasteiger partial charge in [-0.15, -0.1) is 11.3 Å². The van der Waals surface area contributed by atoms with Crippen LogP contribution in [0.25, 0.3) is 27.2 Å². The molecule has 4 heterocycles. The van der Waals surface area contributed by atoms with E-state index >= 15 is 0 Å². The Morgan fingerprint density at radius 1 is 1.20 bits per heavy atom. The highest BCUT2D eigenvalue weighted by Crippen LogP contribution is 2.31. The Kier molecular flexibility index (Phi) is 5.11. The fraction of sp³-hybridized carbons (Fsp3) is 0.174. The summed E-state index contributed by atoms with van der Waals surface area (Å²) in [6, 6.07) is 11.7. The van der Waals surface area contributed by atoms with Crippen LogP contribution in [-0.4, -0.2) is 38.8 Å². The van der Waals surface area contributed by atoms with Gasteiger partial charge in [0.05, 0.1) is 17.1 Å². The summed E-state index contributed by atoms with van der Waals surface area (Å²) < 4.78 is 0. The van der Waals surface area contributed by atoms with Crippen LogP contribution in [0.4, 0.5) is 0 Å². The van der Waals surface area contributed by atoms with E-state index in [1.54, 1.807) is 6.20 Å². The average Bonchev–Trinajstić information content (AvgIpc) is 3.41. The summed E-state index contributed by atoms with van der Waals surface area (Å²) >= 11 is 7.78. The van der Waals surface area contributed by atoms with Gasteiger partial charge in [-0.3, -0.25) is 4.79 Å². The molecule has 1 aromatic carbocycles. The van der Waals surface area contributed by atoms with Crippen molar-refractivity contribution >= 4 is 45.5 Å². The summed E-state index contributed by atoms with van der Waals surface area (Å²) in [6.45, 7) is 1.32. The van der Waals surface area contributed by atoms with Crippen LogP contribution in [0.2, 0.25) is 5.02 Å². The topological polar surface area (TPSA) is 61.9 Å². The molecular formula is C23H19ClN4OS. The Hall–Kier alpha value is -2.96. The van der Waals surface area contributed by atoms with Crippen LogP contribution in [0.5, 0.6) is 0 Å². The minimum Gasteiger partial charge on any atom is -0.346 e. The highest BCUT2D eigenvalue weighted by Gasteiger charge is 2.21. The number of aromatic nitrogens is 3. The smallest absolute Gasteiger partial charge is 0.228 e. The number of nitrogens with zero attached hydrogens (tertiary/aromatic N) is 3. The second-order valence-electron chi connectivity index (χ2n) is 7.22. The molecule has 0 saturated heterocycles. The first kappa shape index (κ1) is 19.0. The number of rotatable bonds is 4. The number of carbonyl (C=O) groups is 1. The SMILES string of the molecule is O=C(Cc1csc(-c2ccccc2Cl)n1)N1CC=C(c2c[nH]c3ncccc23)CC1. The second-order valence-corrected chi connectivity index (χ2v) is 8.49. The monoisotopic (exact) mass is 434 g/mol. The first-order valence-electron chi connectivity index (χ1n) is 9.77. The van der Waals surface area contributed by atoms with Gasteiger partial charge in [0.25, 0.3) is 0 Å². The molecule has 1 N–H and O–H groups in total. The largest absolute Gasteiger partial charge is 0.346 e. The van der Waals surface area contributed by atoms with E-state index in [1.165, 1.54) is 22.5 Å². The van der Waals surface area contributed by atoms with Gasteiger partial charge in [0, 0.05) is 47.4 Å². The average molecular weight is 435 g/mol. The van der Waals surface area contributed by atoms with Crippen molar-refractivity contribution in [2.24, 2.45) is 0 Å². The number of benzene rings is 1. The Labute approximate surface area is 183 Å². The lowest BCUT2D eigenvalue weighted by Crippen LogP contribution is -2.35. The number of pyridine rings is 1. The van der Waals surface area contributed by atoms with Crippen LogP contribution in [0.3, 0.4) is 0 Å². The number of fused-ring (bicyclic) bond motifs is 1. The Balaban J connectivity index is 1.27. The molecule has 150 valence electrons. The van der Waals surface area contributed by atoms with E-state index in [-0.39, 0.29) is 5.91 Å². The Bertz CT molecular complexity index is 1260. The van der Waals surface area contributed by atoms with Gasteiger partial charge >= 0.3 is 0 Å². The number of aromatic amines is 1. The Morgan fingerprint density at radius 3 is 2.93 bits per heavy atom. The van der Waals surface area contributed by atoms with E-state index in [1.807, 2.05) is 46.8 Å². The van der Waals surface area contributed by atoms with Crippen molar-refractivity contribution in [3.8, 4) is 10.6 Å². The van der Waals surface area contributed by atoms with Gasteiger partial charge in [-0.2, -0.15) is 0 Å². The number of H-pyrrole nitrogens is 1. The molecule has 0 unspecified atom stereocenters. The molecule has 0 bridgehead atoms. The molecule has 3 aromatic heterocycles. The molecule has 0 spiro atoms. The third kappa shape index (κ3) is 3.64. The van der Waals surface area contributed by atoms with Gasteiger partial charge in [-0.05, 0) is 30.2 Å². The van der Waals surface area contributed by atoms with Gasteiger partial charge in [0.15, 0.2) is 0 Å². The molecule has 1 aliphatic rings. The first-order chi connectivity index (χ1) is 14.7. The zero-order valence-corrected chi connectivity index (χ0v) is 17.7. The maximum atomic E-state index is 12.8. The summed E-state index contributed by atoms with van der Waals surface area (Å²) in [4.78, 5) is 26.9. The van der Waals surface area contributed by atoms with Crippen LogP contribution in [0, 0.1) is 0 Å². The summed E-state index contributed by atoms with van der Waals surface area (Å²) in [5.41, 5.74) is 5.02. The number of hydrogen-bond donors (Lipinski definition) is 1. The molecule has 5 nitrogen and oxygen atoms in total. The standard InChI is InChI=1S/C23H19ClN4OS/c24-20-6-2-1-4-18(20)23-27-16(14-30-23)12-21(29)28-10-7-15(8-11-28)19-13-26-22-17(19)5-3-9-25-22/h1-7,9,13-14H,8,10-12H2,(H,25,26). The molecule has 0 radical (unpaired) electrons. The molecule has 0 fully saturated rings. The van der Waals surface area contributed by atoms with Crippen molar-refractivity contribution < 1.29 is 4.79 Å². The first-order valence-corrected chi connectivity index (χ1v) is 11.0. The number of thiazole rings is 1. The number of amides is 1. The predicted octanol–water partition coefficient (Wildman–Crippen LogP) is 5.20. The number of halogens is 1. The molecule has 1 amide bonds. The minimum absolute atomic E-state index is 0.0990. The van der Waals surface area contributed by atoms with E-state index in [0.717, 1.165) is 33.7 Å². The molecule has 7 heteroatoms. The van der Waals surface area contributed by atoms with Crippen LogP contribution in [-0.2, 0) is 11.2 Å². The van der Waals surface area contributed by atoms with E-state index in [0.29, 0.717) is 24.5 Å². The summed E-state index contributed by atoms with van der Waals surface area (Å²) in [5, 5.41) is 4.59. The lowest BCUT2D eigenvalue weighted by atomic mass is 9.99. The van der Waals surface area contributed by atoms with Crippen LogP contribution in [0.15, 0.2) is 60.2 Å². The molecule has 30 heavy (non-hydrogen) atoms. The summed E-state index contributed by atoms with van der Waals surface area (Å²) in [5.74, 6) is 0.0990. The lowest BCUT2D eigenvalue weighted by molar-refractivity contribution is -0.130. The van der Waals surface area contributed by atoms with Crippen molar-refractivity contribution in [3.05, 3.63) is 76.5 Å². The van der Waals surface area contributed by atoms with Gasteiger partial charge in [-0.25, -0.2) is 9.97 Å². The fourth-order valence-electron chi connectivity index (χ4n) is 3.78. The third-order valence-electron chi connectivity index (χ3n) is 5.35. The van der Waals surface area contributed by atoms with Gasteiger partial charge < -0.3 is 9.88 Å². The van der Waals surface area contributed by atoms with Crippen LogP contribution in [0.1, 0.15) is 17.7 Å². The van der Waals surface area contributed by atoms with E-state index in [9.17, 15) is 4.79 Å². The van der Waals surface area contributed by atoms with Gasteiger partial charge in [-0.1, -0.05) is 35.9 Å². The van der Waals surface area contributed by atoms with Crippen LogP contribution < -0.4 is 0 Å². The quantitative estimate of drug-likeness (QED) is 0.480. The number of carbonyl (C=O) groups excluding carboxylic acids is 1. The van der Waals surface area contributed by atoms with E-state index in [2.05, 4.69) is 27.1 Å². The lowest BCUT2D eigenvalue weighted by Gasteiger charge is -2.26. The van der Waals surface area contributed by atoms with Crippen molar-refractivity contribution in [1.82, 2.24) is 19.9 Å². The minimum atomic E-state index is 0.0990. The maximum absolute atomic E-state index is 12.8. The molecule has 5 rings (SSSR count). The third-order valence-corrected chi connectivity index (χ3v) is 6.60. The van der Waals surface area contributed by atoms with Gasteiger partial charge in [0.2, 0.25) is 5.91 Å². The molecule has 0 aliphatic carbocycles. The van der Waals surface area contributed by atoms with Crippen LogP contribution >= 0.6 is 22.9 Å². The van der Waals surface area contributed by atoms with Crippen molar-refractivity contribution in [3.63, 3.8) is 0 Å². The van der Waals surface area contributed by atoms with E-state index < -0.39 is 0 Å². The summed E-state index contributed by atoms with van der Waals surface area (Å²) in [7, 11) is 0. The van der Waals surface area contributed by atoms with E-state index in [4.69, 9.17) is 11.6 Å². The Morgan fingerprint density at radius 2 is 2.10 bits per heavy atom. The van der Waals surface area contributed by atoms with Gasteiger partial charge in [0.1, 0.15) is 10.7 Å².